The second kappa shape index (κ2) is 5.12. The van der Waals surface area contributed by atoms with Crippen LogP contribution in [0.5, 0.6) is 11.5 Å². The Hall–Kier alpha value is -3.09. The molecule has 2 heterocycles. The van der Waals surface area contributed by atoms with Gasteiger partial charge in [-0.05, 0) is 36.4 Å². The molecule has 3 aromatic rings. The molecular formula is C14H11N3O4. The Balaban J connectivity index is 1.84. The number of hydrogen-bond donors (Lipinski definition) is 2. The van der Waals surface area contributed by atoms with Gasteiger partial charge in [-0.1, -0.05) is 0 Å². The summed E-state index contributed by atoms with van der Waals surface area (Å²) in [5, 5.41) is 26.1. The van der Waals surface area contributed by atoms with E-state index in [1.165, 1.54) is 24.4 Å². The molecule has 106 valence electrons. The summed E-state index contributed by atoms with van der Waals surface area (Å²) >= 11 is 0. The van der Waals surface area contributed by atoms with Gasteiger partial charge < -0.3 is 14.9 Å². The quantitative estimate of drug-likeness (QED) is 0.757. The van der Waals surface area contributed by atoms with E-state index in [-0.39, 0.29) is 17.9 Å². The van der Waals surface area contributed by atoms with Gasteiger partial charge in [0, 0.05) is 6.20 Å². The monoisotopic (exact) mass is 285 g/mol. The summed E-state index contributed by atoms with van der Waals surface area (Å²) in [7, 11) is 0. The minimum Gasteiger partial charge on any atom is -0.508 e. The number of hydrogen-bond acceptors (Lipinski definition) is 5. The molecule has 21 heavy (non-hydrogen) atoms. The number of aromatic hydroxyl groups is 1. The van der Waals surface area contributed by atoms with Gasteiger partial charge in [0.25, 0.3) is 0 Å². The Bertz CT molecular complexity index is 796. The molecule has 0 unspecified atom stereocenters. The smallest absolute Gasteiger partial charge is 0.337 e. The Kier molecular flexibility index (Phi) is 3.15. The van der Waals surface area contributed by atoms with Crippen LogP contribution in [0.1, 0.15) is 16.2 Å². The summed E-state index contributed by atoms with van der Waals surface area (Å²) in [6, 6.07) is 9.33. The fourth-order valence-corrected chi connectivity index (χ4v) is 1.85. The van der Waals surface area contributed by atoms with Crippen molar-refractivity contribution in [3.05, 3.63) is 54.0 Å². The molecule has 1 aromatic carbocycles. The Morgan fingerprint density at radius 3 is 2.62 bits per heavy atom. The highest BCUT2D eigenvalue weighted by Gasteiger charge is 2.10. The molecule has 0 amide bonds. The standard InChI is InChI=1S/C14H11N3O4/c18-10-2-4-11(5-3-10)21-8-13-16-15-12-6-1-9(14(19)20)7-17(12)13/h1-7,18H,8H2,(H,19,20). The average molecular weight is 285 g/mol. The number of pyridine rings is 1. The lowest BCUT2D eigenvalue weighted by Crippen LogP contribution is -2.04. The number of aromatic nitrogens is 3. The van der Waals surface area contributed by atoms with Crippen LogP contribution in [0.4, 0.5) is 0 Å². The van der Waals surface area contributed by atoms with Gasteiger partial charge in [0.05, 0.1) is 5.56 Å². The number of rotatable bonds is 4. The fourth-order valence-electron chi connectivity index (χ4n) is 1.85. The molecular weight excluding hydrogens is 274 g/mol. The van der Waals surface area contributed by atoms with Crippen LogP contribution in [0.2, 0.25) is 0 Å². The molecule has 2 N–H and O–H groups in total. The maximum absolute atomic E-state index is 11.0. The zero-order valence-corrected chi connectivity index (χ0v) is 10.8. The summed E-state index contributed by atoms with van der Waals surface area (Å²) in [5.41, 5.74) is 0.692. The number of carbonyl (C=O) groups is 1. The van der Waals surface area contributed by atoms with E-state index in [1.54, 1.807) is 22.6 Å². The molecule has 0 aliphatic heterocycles. The van der Waals surface area contributed by atoms with E-state index in [0.29, 0.717) is 17.2 Å². The molecule has 7 heteroatoms. The first-order valence-electron chi connectivity index (χ1n) is 6.12. The van der Waals surface area contributed by atoms with E-state index < -0.39 is 5.97 Å². The van der Waals surface area contributed by atoms with Crippen LogP contribution in [0.25, 0.3) is 5.65 Å². The number of nitrogens with zero attached hydrogens (tertiary/aromatic N) is 3. The van der Waals surface area contributed by atoms with Crippen molar-refractivity contribution in [1.29, 1.82) is 0 Å². The molecule has 0 fully saturated rings. The molecule has 0 aliphatic carbocycles. The predicted molar refractivity (Wildman–Crippen MR) is 72.4 cm³/mol. The van der Waals surface area contributed by atoms with Crippen molar-refractivity contribution in [3.8, 4) is 11.5 Å². The van der Waals surface area contributed by atoms with Crippen LogP contribution in [-0.2, 0) is 6.61 Å². The number of ether oxygens (including phenoxy) is 1. The number of phenolic OH excluding ortho intramolecular Hbond substituents is 1. The maximum Gasteiger partial charge on any atom is 0.337 e. The first kappa shape index (κ1) is 12.9. The van der Waals surface area contributed by atoms with Crippen molar-refractivity contribution in [3.63, 3.8) is 0 Å². The van der Waals surface area contributed by atoms with Gasteiger partial charge in [-0.2, -0.15) is 0 Å². The van der Waals surface area contributed by atoms with Crippen molar-refractivity contribution in [2.45, 2.75) is 6.61 Å². The average Bonchev–Trinajstić information content (AvgIpc) is 2.89. The van der Waals surface area contributed by atoms with Crippen molar-refractivity contribution < 1.29 is 19.7 Å². The zero-order valence-electron chi connectivity index (χ0n) is 10.8. The second-order valence-corrected chi connectivity index (χ2v) is 4.35. The number of carboxylic acids is 1. The highest BCUT2D eigenvalue weighted by Crippen LogP contribution is 2.17. The predicted octanol–water partition coefficient (Wildman–Crippen LogP) is 1.71. The summed E-state index contributed by atoms with van der Waals surface area (Å²) in [5.74, 6) is 0.192. The molecule has 0 aliphatic rings. The van der Waals surface area contributed by atoms with E-state index in [9.17, 15) is 9.90 Å². The van der Waals surface area contributed by atoms with Crippen molar-refractivity contribution in [2.24, 2.45) is 0 Å². The Labute approximate surface area is 119 Å². The van der Waals surface area contributed by atoms with Gasteiger partial charge in [0.2, 0.25) is 0 Å². The molecule has 2 aromatic heterocycles. The minimum absolute atomic E-state index is 0.134. The SMILES string of the molecule is O=C(O)c1ccc2nnc(COc3ccc(O)cc3)n2c1. The third kappa shape index (κ3) is 2.62. The van der Waals surface area contributed by atoms with Crippen molar-refractivity contribution in [1.82, 2.24) is 14.6 Å². The third-order valence-corrected chi connectivity index (χ3v) is 2.92. The van der Waals surface area contributed by atoms with Gasteiger partial charge in [0.1, 0.15) is 18.1 Å². The van der Waals surface area contributed by atoms with Gasteiger partial charge in [-0.15, -0.1) is 10.2 Å². The zero-order chi connectivity index (χ0) is 14.8. The largest absolute Gasteiger partial charge is 0.508 e. The molecule has 0 spiro atoms. The van der Waals surface area contributed by atoms with Crippen LogP contribution >= 0.6 is 0 Å². The van der Waals surface area contributed by atoms with E-state index >= 15 is 0 Å². The summed E-state index contributed by atoms with van der Waals surface area (Å²) in [6.07, 6.45) is 1.45. The van der Waals surface area contributed by atoms with Crippen LogP contribution in [-0.4, -0.2) is 30.8 Å². The molecule has 0 saturated heterocycles. The van der Waals surface area contributed by atoms with Gasteiger partial charge >= 0.3 is 5.97 Å². The lowest BCUT2D eigenvalue weighted by Gasteiger charge is -2.05. The van der Waals surface area contributed by atoms with Crippen LogP contribution in [0, 0.1) is 0 Å². The second-order valence-electron chi connectivity index (χ2n) is 4.35. The lowest BCUT2D eigenvalue weighted by molar-refractivity contribution is 0.0696. The summed E-state index contributed by atoms with van der Waals surface area (Å²) in [4.78, 5) is 11.0. The highest BCUT2D eigenvalue weighted by atomic mass is 16.5. The van der Waals surface area contributed by atoms with Crippen molar-refractivity contribution >= 4 is 11.6 Å². The Morgan fingerprint density at radius 1 is 1.14 bits per heavy atom. The number of fused-ring (bicyclic) bond motifs is 1. The topological polar surface area (TPSA) is 97.0 Å². The van der Waals surface area contributed by atoms with E-state index in [2.05, 4.69) is 10.2 Å². The lowest BCUT2D eigenvalue weighted by atomic mass is 10.3. The molecule has 3 rings (SSSR count). The molecule has 0 radical (unpaired) electrons. The van der Waals surface area contributed by atoms with E-state index in [4.69, 9.17) is 9.84 Å². The number of aromatic carboxylic acids is 1. The Morgan fingerprint density at radius 2 is 1.90 bits per heavy atom. The van der Waals surface area contributed by atoms with Gasteiger partial charge in [-0.3, -0.25) is 4.40 Å². The molecule has 0 bridgehead atoms. The van der Waals surface area contributed by atoms with Crippen molar-refractivity contribution in [2.75, 3.05) is 0 Å². The minimum atomic E-state index is -1.02. The van der Waals surface area contributed by atoms with Crippen LogP contribution < -0.4 is 4.74 Å². The molecule has 0 saturated carbocycles. The summed E-state index contributed by atoms with van der Waals surface area (Å²) in [6.45, 7) is 0.134. The first-order valence-corrected chi connectivity index (χ1v) is 6.12. The number of phenols is 1. The highest BCUT2D eigenvalue weighted by molar-refractivity contribution is 5.87. The summed E-state index contributed by atoms with van der Waals surface area (Å²) < 4.78 is 7.11. The fraction of sp³-hybridized carbons (Fsp3) is 0.0714. The van der Waals surface area contributed by atoms with Crippen LogP contribution in [0.15, 0.2) is 42.6 Å². The third-order valence-electron chi connectivity index (χ3n) is 2.92. The van der Waals surface area contributed by atoms with Crippen LogP contribution in [0.3, 0.4) is 0 Å². The number of benzene rings is 1. The first-order chi connectivity index (χ1) is 10.1. The maximum atomic E-state index is 11.0. The molecule has 0 atom stereocenters. The normalized spacial score (nSPS) is 10.7. The van der Waals surface area contributed by atoms with Gasteiger partial charge in [0.15, 0.2) is 11.5 Å². The number of carboxylic acid groups (broad SMARTS) is 1. The van der Waals surface area contributed by atoms with E-state index in [1.807, 2.05) is 0 Å². The van der Waals surface area contributed by atoms with Gasteiger partial charge in [-0.25, -0.2) is 4.79 Å². The molecule has 7 nitrogen and oxygen atoms in total. The van der Waals surface area contributed by atoms with E-state index in [0.717, 1.165) is 0 Å².